The Kier molecular flexibility index (Phi) is 5.90. The van der Waals surface area contributed by atoms with Crippen molar-refractivity contribution in [3.8, 4) is 5.75 Å². The van der Waals surface area contributed by atoms with Gasteiger partial charge in [0.25, 0.3) is 11.7 Å². The summed E-state index contributed by atoms with van der Waals surface area (Å²) in [5, 5.41) is 11.4. The van der Waals surface area contributed by atoms with Crippen LogP contribution in [-0.4, -0.2) is 22.0 Å². The quantitative estimate of drug-likeness (QED) is 0.361. The summed E-state index contributed by atoms with van der Waals surface area (Å²) >= 11 is 0. The Labute approximate surface area is 123 Å². The summed E-state index contributed by atoms with van der Waals surface area (Å²) in [6.45, 7) is 0. The van der Waals surface area contributed by atoms with Crippen molar-refractivity contribution >= 4 is 12.1 Å². The Morgan fingerprint density at radius 1 is 1.05 bits per heavy atom. The minimum atomic E-state index is -0.257. The molecule has 0 aliphatic rings. The molecule has 0 aliphatic carbocycles. The van der Waals surface area contributed by atoms with Gasteiger partial charge in [0.15, 0.2) is 5.56 Å². The first-order valence-electron chi connectivity index (χ1n) is 5.43. The van der Waals surface area contributed by atoms with Crippen LogP contribution in [0.2, 0.25) is 0 Å². The van der Waals surface area contributed by atoms with Gasteiger partial charge in [-0.2, -0.15) is 0 Å². The van der Waals surface area contributed by atoms with Crippen LogP contribution in [0, 0.1) is 0 Å². The van der Waals surface area contributed by atoms with E-state index >= 15 is 0 Å². The maximum atomic E-state index is 9.70. The van der Waals surface area contributed by atoms with Gasteiger partial charge < -0.3 is 15.6 Å². The van der Waals surface area contributed by atoms with Gasteiger partial charge in [0, 0.05) is 12.3 Å². The molecular weight excluding hydrogens is 294 g/mol. The first-order valence-corrected chi connectivity index (χ1v) is 5.43. The van der Waals surface area contributed by atoms with E-state index in [0.717, 1.165) is 5.56 Å². The molecule has 0 fully saturated rings. The molecule has 0 saturated heterocycles. The number of rotatable bonds is 3. The number of hydrogen-bond donors (Lipinski definition) is 0. The molecule has 0 atom stereocenters. The van der Waals surface area contributed by atoms with Crippen molar-refractivity contribution in [1.29, 1.82) is 0 Å². The summed E-state index contributed by atoms with van der Waals surface area (Å²) in [7, 11) is 0. The van der Waals surface area contributed by atoms with E-state index in [4.69, 9.17) is 5.11 Å². The maximum absolute atomic E-state index is 9.70. The van der Waals surface area contributed by atoms with Crippen molar-refractivity contribution in [2.24, 2.45) is 5.10 Å². The van der Waals surface area contributed by atoms with Gasteiger partial charge in [0.2, 0.25) is 0 Å². The van der Waals surface area contributed by atoms with Crippen LogP contribution in [0.4, 0.5) is 0 Å². The van der Waals surface area contributed by atoms with Gasteiger partial charge in [-0.3, -0.25) is 4.79 Å². The third kappa shape index (κ3) is 4.30. The number of carbonyl (C=O) groups excluding carboxylic acids is 1. The molecule has 4 nitrogen and oxygen atoms in total. The fourth-order valence-corrected chi connectivity index (χ4v) is 1.42. The molecular formula is C14H13N2O2Zn+3. The van der Waals surface area contributed by atoms with E-state index in [1.807, 2.05) is 30.3 Å². The summed E-state index contributed by atoms with van der Waals surface area (Å²) in [4.78, 5) is 9.70. The SMILES string of the molecule is [OH+]=C([N-]N=Cc1ccccc1)c1ccccc1[OH2+].[Zn+2]. The van der Waals surface area contributed by atoms with E-state index in [-0.39, 0.29) is 31.1 Å². The van der Waals surface area contributed by atoms with Crippen LogP contribution >= 0.6 is 0 Å². The van der Waals surface area contributed by atoms with Gasteiger partial charge in [0.05, 0.1) is 0 Å². The normalized spacial score (nSPS) is 9.89. The predicted molar refractivity (Wildman–Crippen MR) is 72.9 cm³/mol. The van der Waals surface area contributed by atoms with Crippen molar-refractivity contribution in [3.63, 3.8) is 0 Å². The summed E-state index contributed by atoms with van der Waals surface area (Å²) in [6, 6.07) is 16.1. The smallest absolute Gasteiger partial charge is 0.593 e. The van der Waals surface area contributed by atoms with Crippen LogP contribution in [0.1, 0.15) is 11.1 Å². The number of hydrogen-bond acceptors (Lipinski definition) is 1. The Morgan fingerprint density at radius 3 is 2.37 bits per heavy atom. The van der Waals surface area contributed by atoms with Gasteiger partial charge in [-0.25, -0.2) is 0 Å². The van der Waals surface area contributed by atoms with Crippen LogP contribution in [-0.2, 0) is 19.5 Å². The van der Waals surface area contributed by atoms with Crippen LogP contribution in [0.25, 0.3) is 5.43 Å². The monoisotopic (exact) mass is 305 g/mol. The van der Waals surface area contributed by atoms with Gasteiger partial charge in [-0.05, 0) is 11.6 Å². The predicted octanol–water partition coefficient (Wildman–Crippen LogP) is 2.38. The number of para-hydroxylation sites is 1. The Bertz CT molecular complexity index is 571. The minimum Gasteiger partial charge on any atom is -0.593 e. The summed E-state index contributed by atoms with van der Waals surface area (Å²) < 4.78 is 0. The average Bonchev–Trinajstić information content (AvgIpc) is 2.40. The first-order chi connectivity index (χ1) is 8.77. The van der Waals surface area contributed by atoms with Crippen molar-refractivity contribution in [1.82, 2.24) is 0 Å². The van der Waals surface area contributed by atoms with Crippen LogP contribution in [0.5, 0.6) is 5.75 Å². The molecule has 2 aromatic rings. The third-order valence-electron chi connectivity index (χ3n) is 2.33. The van der Waals surface area contributed by atoms with Crippen molar-refractivity contribution < 1.29 is 29.4 Å². The Morgan fingerprint density at radius 2 is 1.68 bits per heavy atom. The molecule has 0 saturated carbocycles. The molecule has 0 spiro atoms. The zero-order chi connectivity index (χ0) is 12.8. The molecule has 3 N–H and O–H groups in total. The van der Waals surface area contributed by atoms with Crippen molar-refractivity contribution in [2.75, 3.05) is 0 Å². The minimum absolute atomic E-state index is 0. The summed E-state index contributed by atoms with van der Waals surface area (Å²) in [5.74, 6) is -0.0403. The molecule has 2 aromatic carbocycles. The van der Waals surface area contributed by atoms with Crippen molar-refractivity contribution in [3.05, 3.63) is 71.1 Å². The average molecular weight is 307 g/mol. The second kappa shape index (κ2) is 7.44. The molecule has 0 radical (unpaired) electrons. The Hall–Kier alpha value is -2.00. The molecule has 5 heteroatoms. The second-order valence-electron chi connectivity index (χ2n) is 3.62. The molecule has 2 rings (SSSR count). The molecule has 0 heterocycles. The molecule has 0 aliphatic heterocycles. The largest absolute Gasteiger partial charge is 2.00 e. The number of benzene rings is 2. The molecule has 0 bridgehead atoms. The third-order valence-corrected chi connectivity index (χ3v) is 2.33. The van der Waals surface area contributed by atoms with Gasteiger partial charge in [-0.1, -0.05) is 42.5 Å². The van der Waals surface area contributed by atoms with Crippen LogP contribution in [0.15, 0.2) is 59.7 Å². The van der Waals surface area contributed by atoms with Gasteiger partial charge in [-0.15, -0.1) is 0 Å². The first kappa shape index (κ1) is 15.1. The van der Waals surface area contributed by atoms with Crippen molar-refractivity contribution in [2.45, 2.75) is 0 Å². The molecule has 0 unspecified atom stereocenters. The molecule has 19 heavy (non-hydrogen) atoms. The number of amides is 1. The van der Waals surface area contributed by atoms with E-state index in [1.54, 1.807) is 30.5 Å². The molecule has 1 amide bonds. The zero-order valence-corrected chi connectivity index (χ0v) is 13.3. The van der Waals surface area contributed by atoms with Crippen LogP contribution in [0.3, 0.4) is 0 Å². The van der Waals surface area contributed by atoms with E-state index in [0.29, 0.717) is 5.56 Å². The topological polar surface area (TPSA) is 70.8 Å². The van der Waals surface area contributed by atoms with E-state index in [2.05, 4.69) is 10.5 Å². The van der Waals surface area contributed by atoms with E-state index in [1.165, 1.54) is 0 Å². The fraction of sp³-hybridized carbons (Fsp3) is 0. The van der Waals surface area contributed by atoms with Gasteiger partial charge >= 0.3 is 19.5 Å². The maximum Gasteiger partial charge on any atom is 2.00 e. The van der Waals surface area contributed by atoms with Gasteiger partial charge in [0.1, 0.15) is 0 Å². The van der Waals surface area contributed by atoms with E-state index < -0.39 is 0 Å². The summed E-state index contributed by atoms with van der Waals surface area (Å²) in [5.41, 5.74) is 4.93. The molecule has 90 valence electrons. The second-order valence-corrected chi connectivity index (χ2v) is 3.62. The van der Waals surface area contributed by atoms with E-state index in [9.17, 15) is 4.79 Å². The number of nitrogens with zero attached hydrogens (tertiary/aromatic N) is 2. The zero-order valence-electron chi connectivity index (χ0n) is 10.3. The Balaban J connectivity index is 0.00000180. The standard InChI is InChI=1S/C14H12N2O2.Zn/c17-13-9-5-4-8-12(13)14(18)16-15-10-11-6-2-1-3-7-11;/h1-10H,(H2,16,17,18);/q;+2/p+1. The fourth-order valence-electron chi connectivity index (χ4n) is 1.42. The summed E-state index contributed by atoms with van der Waals surface area (Å²) in [6.07, 6.45) is 1.54. The molecule has 0 aromatic heterocycles. The van der Waals surface area contributed by atoms with Crippen LogP contribution < -0.4 is 0 Å².